The van der Waals surface area contributed by atoms with E-state index in [1.165, 1.54) is 24.2 Å². The molecule has 0 saturated carbocycles. The molecule has 2 amide bonds. The molecule has 0 aromatic heterocycles. The molecule has 0 bridgehead atoms. The third-order valence-electron chi connectivity index (χ3n) is 3.95. The van der Waals surface area contributed by atoms with Gasteiger partial charge >= 0.3 is 0 Å². The molecule has 0 radical (unpaired) electrons. The summed E-state index contributed by atoms with van der Waals surface area (Å²) in [6.45, 7) is 5.43. The van der Waals surface area contributed by atoms with E-state index in [1.807, 2.05) is 56.3 Å². The molecular weight excluding hydrogens is 344 g/mol. The van der Waals surface area contributed by atoms with Gasteiger partial charge in [0.15, 0.2) is 0 Å². The van der Waals surface area contributed by atoms with Crippen molar-refractivity contribution in [3.8, 4) is 0 Å². The molecule has 4 nitrogen and oxygen atoms in total. The van der Waals surface area contributed by atoms with E-state index in [2.05, 4.69) is 22.8 Å². The van der Waals surface area contributed by atoms with Crippen LogP contribution in [0.1, 0.15) is 32.8 Å². The van der Waals surface area contributed by atoms with E-state index < -0.39 is 0 Å². The average Bonchev–Trinajstić information content (AvgIpc) is 2.62. The highest BCUT2D eigenvalue weighted by Gasteiger charge is 2.16. The van der Waals surface area contributed by atoms with Gasteiger partial charge in [0.25, 0.3) is 0 Å². The Labute approximate surface area is 159 Å². The summed E-state index contributed by atoms with van der Waals surface area (Å²) in [6.07, 6.45) is 1.87. The first kappa shape index (κ1) is 20.0. The molecule has 2 aromatic rings. The lowest BCUT2D eigenvalue weighted by Gasteiger charge is -2.17. The summed E-state index contributed by atoms with van der Waals surface area (Å²) in [4.78, 5) is 24.4. The molecule has 0 fully saturated rings. The van der Waals surface area contributed by atoms with Crippen molar-refractivity contribution in [2.45, 2.75) is 49.8 Å². The Morgan fingerprint density at radius 2 is 1.65 bits per heavy atom. The van der Waals surface area contributed by atoms with E-state index in [0.29, 0.717) is 0 Å². The van der Waals surface area contributed by atoms with Crippen molar-refractivity contribution in [1.29, 1.82) is 0 Å². The fourth-order valence-corrected chi connectivity index (χ4v) is 3.41. The number of rotatable bonds is 8. The molecule has 138 valence electrons. The number of aryl methyl sites for hydroxylation is 1. The van der Waals surface area contributed by atoms with Crippen molar-refractivity contribution in [2.24, 2.45) is 0 Å². The molecule has 0 aliphatic heterocycles. The second kappa shape index (κ2) is 10.0. The summed E-state index contributed by atoms with van der Waals surface area (Å²) in [5.74, 6) is -0.0517. The van der Waals surface area contributed by atoms with Crippen LogP contribution in [-0.2, 0) is 16.0 Å². The Kier molecular flexibility index (Phi) is 7.73. The molecule has 0 aliphatic carbocycles. The van der Waals surface area contributed by atoms with Crippen LogP contribution in [0.5, 0.6) is 0 Å². The first-order chi connectivity index (χ1) is 12.4. The molecule has 0 aliphatic rings. The molecule has 0 saturated heterocycles. The lowest BCUT2D eigenvalue weighted by molar-refractivity contribution is -0.121. The molecule has 0 heterocycles. The van der Waals surface area contributed by atoms with E-state index >= 15 is 0 Å². The lowest BCUT2D eigenvalue weighted by Crippen LogP contribution is -2.37. The smallest absolute Gasteiger partial charge is 0.233 e. The van der Waals surface area contributed by atoms with Crippen molar-refractivity contribution in [2.75, 3.05) is 5.32 Å². The molecule has 2 atom stereocenters. The SMILES string of the molecule is CC(=O)Nc1ccc(SC(C)C(=O)NC(C)CCc2ccccc2)cc1. The van der Waals surface area contributed by atoms with Gasteiger partial charge in [-0.15, -0.1) is 11.8 Å². The van der Waals surface area contributed by atoms with Crippen LogP contribution in [-0.4, -0.2) is 23.1 Å². The van der Waals surface area contributed by atoms with Crippen LogP contribution in [0.4, 0.5) is 5.69 Å². The minimum absolute atomic E-state index is 0.0431. The van der Waals surface area contributed by atoms with Gasteiger partial charge in [-0.1, -0.05) is 30.3 Å². The predicted octanol–water partition coefficient (Wildman–Crippen LogP) is 4.26. The zero-order valence-electron chi connectivity index (χ0n) is 15.5. The number of amides is 2. The van der Waals surface area contributed by atoms with Crippen LogP contribution in [0, 0.1) is 0 Å². The van der Waals surface area contributed by atoms with E-state index in [0.717, 1.165) is 23.4 Å². The number of hydrogen-bond donors (Lipinski definition) is 2. The summed E-state index contributed by atoms with van der Waals surface area (Å²) in [5.41, 5.74) is 2.05. The average molecular weight is 371 g/mol. The largest absolute Gasteiger partial charge is 0.353 e. The van der Waals surface area contributed by atoms with Gasteiger partial charge in [-0.25, -0.2) is 0 Å². The Hall–Kier alpha value is -2.27. The Morgan fingerprint density at radius 3 is 2.27 bits per heavy atom. The maximum Gasteiger partial charge on any atom is 0.233 e. The Morgan fingerprint density at radius 1 is 1.00 bits per heavy atom. The van der Waals surface area contributed by atoms with Gasteiger partial charge in [-0.2, -0.15) is 0 Å². The van der Waals surface area contributed by atoms with Gasteiger partial charge in [0.05, 0.1) is 5.25 Å². The molecule has 0 spiro atoms. The van der Waals surface area contributed by atoms with Gasteiger partial charge < -0.3 is 10.6 Å². The molecule has 2 N–H and O–H groups in total. The monoisotopic (exact) mass is 370 g/mol. The number of nitrogens with one attached hydrogen (secondary N) is 2. The second-order valence-corrected chi connectivity index (χ2v) is 7.81. The maximum atomic E-state index is 12.4. The maximum absolute atomic E-state index is 12.4. The Bertz CT molecular complexity index is 717. The van der Waals surface area contributed by atoms with Crippen LogP contribution < -0.4 is 10.6 Å². The van der Waals surface area contributed by atoms with E-state index in [4.69, 9.17) is 0 Å². The predicted molar refractivity (Wildman–Crippen MR) is 108 cm³/mol. The first-order valence-electron chi connectivity index (χ1n) is 8.82. The fourth-order valence-electron chi connectivity index (χ4n) is 2.54. The zero-order valence-corrected chi connectivity index (χ0v) is 16.3. The molecular formula is C21H26N2O2S. The van der Waals surface area contributed by atoms with Crippen molar-refractivity contribution >= 4 is 29.3 Å². The first-order valence-corrected chi connectivity index (χ1v) is 9.70. The number of thioether (sulfide) groups is 1. The molecule has 2 aromatic carbocycles. The number of carbonyl (C=O) groups is 2. The van der Waals surface area contributed by atoms with Crippen molar-refractivity contribution < 1.29 is 9.59 Å². The van der Waals surface area contributed by atoms with Gasteiger partial charge in [0.2, 0.25) is 11.8 Å². The van der Waals surface area contributed by atoms with Crippen LogP contribution in [0.15, 0.2) is 59.5 Å². The molecule has 26 heavy (non-hydrogen) atoms. The van der Waals surface area contributed by atoms with Crippen LogP contribution >= 0.6 is 11.8 Å². The lowest BCUT2D eigenvalue weighted by atomic mass is 10.1. The van der Waals surface area contributed by atoms with Crippen LogP contribution in [0.2, 0.25) is 0 Å². The fraction of sp³-hybridized carbons (Fsp3) is 0.333. The summed E-state index contributed by atoms with van der Waals surface area (Å²) in [6, 6.07) is 18.0. The minimum atomic E-state index is -0.180. The molecule has 5 heteroatoms. The minimum Gasteiger partial charge on any atom is -0.353 e. The van der Waals surface area contributed by atoms with Crippen molar-refractivity contribution in [1.82, 2.24) is 5.32 Å². The molecule has 2 unspecified atom stereocenters. The van der Waals surface area contributed by atoms with E-state index in [1.54, 1.807) is 0 Å². The second-order valence-electron chi connectivity index (χ2n) is 6.40. The number of anilines is 1. The van der Waals surface area contributed by atoms with Crippen LogP contribution in [0.25, 0.3) is 0 Å². The number of benzene rings is 2. The Balaban J connectivity index is 1.78. The normalized spacial score (nSPS) is 12.9. The quantitative estimate of drug-likeness (QED) is 0.683. The van der Waals surface area contributed by atoms with Crippen LogP contribution in [0.3, 0.4) is 0 Å². The van der Waals surface area contributed by atoms with Gasteiger partial charge in [-0.05, 0) is 56.5 Å². The van der Waals surface area contributed by atoms with E-state index in [-0.39, 0.29) is 23.1 Å². The van der Waals surface area contributed by atoms with Gasteiger partial charge in [-0.3, -0.25) is 9.59 Å². The third-order valence-corrected chi connectivity index (χ3v) is 5.07. The summed E-state index contributed by atoms with van der Waals surface area (Å²) < 4.78 is 0. The standard InChI is InChI=1S/C21H26N2O2S/c1-15(9-10-18-7-5-4-6-8-18)22-21(25)16(2)26-20-13-11-19(12-14-20)23-17(3)24/h4-8,11-16H,9-10H2,1-3H3,(H,22,25)(H,23,24). The molecule has 2 rings (SSSR count). The highest BCUT2D eigenvalue weighted by Crippen LogP contribution is 2.25. The van der Waals surface area contributed by atoms with Crippen molar-refractivity contribution in [3.05, 3.63) is 60.2 Å². The highest BCUT2D eigenvalue weighted by molar-refractivity contribution is 8.00. The summed E-state index contributed by atoms with van der Waals surface area (Å²) in [7, 11) is 0. The van der Waals surface area contributed by atoms with E-state index in [9.17, 15) is 9.59 Å². The topological polar surface area (TPSA) is 58.2 Å². The number of carbonyl (C=O) groups excluding carboxylic acids is 2. The summed E-state index contributed by atoms with van der Waals surface area (Å²) >= 11 is 1.51. The third kappa shape index (κ3) is 6.92. The zero-order chi connectivity index (χ0) is 18.9. The highest BCUT2D eigenvalue weighted by atomic mass is 32.2. The van der Waals surface area contributed by atoms with Gasteiger partial charge in [0, 0.05) is 23.5 Å². The summed E-state index contributed by atoms with van der Waals surface area (Å²) in [5, 5.41) is 5.65. The van der Waals surface area contributed by atoms with Gasteiger partial charge in [0.1, 0.15) is 0 Å². The number of hydrogen-bond acceptors (Lipinski definition) is 3. The van der Waals surface area contributed by atoms with Crippen molar-refractivity contribution in [3.63, 3.8) is 0 Å².